The zero-order valence-corrected chi connectivity index (χ0v) is 16.3. The molecule has 1 aromatic heterocycles. The molecule has 0 radical (unpaired) electrons. The molecule has 1 saturated heterocycles. The molecule has 32 heavy (non-hydrogen) atoms. The third-order valence-corrected chi connectivity index (χ3v) is 5.33. The first-order valence-electron chi connectivity index (χ1n) is 9.48. The highest BCUT2D eigenvalue weighted by Crippen LogP contribution is 2.45. The van der Waals surface area contributed by atoms with Crippen molar-refractivity contribution in [2.24, 2.45) is 0 Å². The van der Waals surface area contributed by atoms with E-state index in [0.29, 0.717) is 11.0 Å². The molecule has 0 saturated carbocycles. The van der Waals surface area contributed by atoms with Gasteiger partial charge in [0.05, 0.1) is 12.2 Å². The molecule has 3 heterocycles. The lowest BCUT2D eigenvalue weighted by Crippen LogP contribution is -2.63. The van der Waals surface area contributed by atoms with E-state index in [1.807, 2.05) is 5.32 Å². The number of fused-ring (bicyclic) bond motifs is 1. The van der Waals surface area contributed by atoms with Crippen LogP contribution in [0.25, 0.3) is 5.69 Å². The smallest absolute Gasteiger partial charge is 0.333 e. The van der Waals surface area contributed by atoms with Crippen LogP contribution in [0.15, 0.2) is 39.9 Å². The summed E-state index contributed by atoms with van der Waals surface area (Å²) in [6.45, 7) is -0.530. The highest BCUT2D eigenvalue weighted by atomic mass is 19.4. The molecular weight excluding hydrogens is 435 g/mol. The van der Waals surface area contributed by atoms with E-state index in [0.717, 1.165) is 4.90 Å². The van der Waals surface area contributed by atoms with Crippen LogP contribution >= 0.6 is 0 Å². The number of aromatic amines is 1. The molecule has 13 heteroatoms. The van der Waals surface area contributed by atoms with E-state index in [9.17, 15) is 37.1 Å². The average Bonchev–Trinajstić information content (AvgIpc) is 3.23. The van der Waals surface area contributed by atoms with Crippen molar-refractivity contribution in [3.05, 3.63) is 56.7 Å². The number of hydrogen-bond acceptors (Lipinski definition) is 5. The molecule has 2 aliphatic rings. The standard InChI is InChI=1S/C19H16F3N5O5/c20-19(21,22)18(25-11(28)9-26-8-4-7-12(26)29)13-14(23-16(18)31)27(17(32)24-15(13)30)10-5-2-1-3-6-10/h1-3,5-6H,4,7-9H2,(H,23,31)(H,25,28)(H,24,30,32)/t18-/m0/s1. The minimum Gasteiger partial charge on any atom is -0.333 e. The Morgan fingerprint density at radius 3 is 2.41 bits per heavy atom. The number of hydrogen-bond donors (Lipinski definition) is 3. The van der Waals surface area contributed by atoms with Gasteiger partial charge in [0.1, 0.15) is 11.4 Å². The van der Waals surface area contributed by atoms with Gasteiger partial charge in [0, 0.05) is 13.0 Å². The van der Waals surface area contributed by atoms with Gasteiger partial charge in [0.2, 0.25) is 17.4 Å². The number of anilines is 1. The summed E-state index contributed by atoms with van der Waals surface area (Å²) in [5, 5.41) is 3.56. The second kappa shape index (κ2) is 7.35. The van der Waals surface area contributed by atoms with Crippen LogP contribution in [-0.4, -0.2) is 51.4 Å². The number of nitrogens with one attached hydrogen (secondary N) is 3. The van der Waals surface area contributed by atoms with Crippen LogP contribution in [0, 0.1) is 0 Å². The molecule has 0 unspecified atom stereocenters. The number of halogens is 3. The second-order valence-electron chi connectivity index (χ2n) is 7.32. The van der Waals surface area contributed by atoms with Crippen molar-refractivity contribution in [2.45, 2.75) is 24.6 Å². The third-order valence-electron chi connectivity index (χ3n) is 5.33. The summed E-state index contributed by atoms with van der Waals surface area (Å²) in [6, 6.07) is 7.37. The minimum atomic E-state index is -5.45. The Hall–Kier alpha value is -3.90. The van der Waals surface area contributed by atoms with Crippen molar-refractivity contribution >= 4 is 23.5 Å². The van der Waals surface area contributed by atoms with Crippen molar-refractivity contribution in [3.63, 3.8) is 0 Å². The summed E-state index contributed by atoms with van der Waals surface area (Å²) in [5.74, 6) is -4.14. The van der Waals surface area contributed by atoms with Crippen LogP contribution in [0.4, 0.5) is 19.0 Å². The van der Waals surface area contributed by atoms with Crippen molar-refractivity contribution in [1.82, 2.24) is 19.8 Å². The SMILES string of the molecule is O=C(CN1CCCC1=O)N[C@]1(C(F)(F)F)C(=O)Nc2c1c(=O)[nH]c(=O)n2-c1ccccc1. The Morgan fingerprint density at radius 2 is 1.81 bits per heavy atom. The normalized spacial score (nSPS) is 20.3. The van der Waals surface area contributed by atoms with E-state index in [4.69, 9.17) is 0 Å². The van der Waals surface area contributed by atoms with Crippen LogP contribution in [0.1, 0.15) is 18.4 Å². The van der Waals surface area contributed by atoms with E-state index < -0.39 is 58.6 Å². The van der Waals surface area contributed by atoms with Gasteiger partial charge in [-0.3, -0.25) is 24.2 Å². The number of aromatic nitrogens is 2. The Bertz CT molecular complexity index is 1240. The zero-order chi connectivity index (χ0) is 23.3. The zero-order valence-electron chi connectivity index (χ0n) is 16.3. The molecule has 0 bridgehead atoms. The molecule has 3 amide bonds. The summed E-state index contributed by atoms with van der Waals surface area (Å²) in [5.41, 5.74) is -7.39. The van der Waals surface area contributed by atoms with Gasteiger partial charge in [-0.15, -0.1) is 0 Å². The summed E-state index contributed by atoms with van der Waals surface area (Å²) < 4.78 is 43.6. The lowest BCUT2D eigenvalue weighted by atomic mass is 9.92. The number of carbonyl (C=O) groups excluding carboxylic acids is 3. The Morgan fingerprint density at radius 1 is 1.12 bits per heavy atom. The number of nitrogens with zero attached hydrogens (tertiary/aromatic N) is 2. The summed E-state index contributed by atoms with van der Waals surface area (Å²) >= 11 is 0. The maximum atomic E-state index is 14.3. The molecule has 4 rings (SSSR count). The molecule has 1 atom stereocenters. The highest BCUT2D eigenvalue weighted by Gasteiger charge is 2.68. The molecule has 1 aromatic carbocycles. The molecule has 0 spiro atoms. The van der Waals surface area contributed by atoms with Gasteiger partial charge >= 0.3 is 11.9 Å². The summed E-state index contributed by atoms with van der Waals surface area (Å²) in [6.07, 6.45) is -4.84. The Labute approximate surface area is 177 Å². The third kappa shape index (κ3) is 3.16. The fraction of sp³-hybridized carbons (Fsp3) is 0.316. The predicted octanol–water partition coefficient (Wildman–Crippen LogP) is -0.0259. The number of likely N-dealkylation sites (tertiary alicyclic amines) is 1. The monoisotopic (exact) mass is 451 g/mol. The fourth-order valence-electron chi connectivity index (χ4n) is 3.89. The molecular formula is C19H16F3N5O5. The first-order valence-corrected chi connectivity index (χ1v) is 9.48. The highest BCUT2D eigenvalue weighted by molar-refractivity contribution is 6.08. The quantitative estimate of drug-likeness (QED) is 0.601. The van der Waals surface area contributed by atoms with Crippen molar-refractivity contribution in [3.8, 4) is 5.69 Å². The average molecular weight is 451 g/mol. The van der Waals surface area contributed by atoms with E-state index in [1.165, 1.54) is 24.3 Å². The van der Waals surface area contributed by atoms with E-state index in [1.54, 1.807) is 16.4 Å². The fourth-order valence-corrected chi connectivity index (χ4v) is 3.89. The van der Waals surface area contributed by atoms with Gasteiger partial charge < -0.3 is 15.5 Å². The Kier molecular flexibility index (Phi) is 4.90. The molecule has 2 aromatic rings. The number of carbonyl (C=O) groups is 3. The second-order valence-corrected chi connectivity index (χ2v) is 7.32. The minimum absolute atomic E-state index is 0.0808. The topological polar surface area (TPSA) is 133 Å². The van der Waals surface area contributed by atoms with Gasteiger partial charge in [-0.2, -0.15) is 13.2 Å². The molecule has 3 N–H and O–H groups in total. The number of alkyl halides is 3. The van der Waals surface area contributed by atoms with Gasteiger partial charge in [-0.25, -0.2) is 9.36 Å². The summed E-state index contributed by atoms with van der Waals surface area (Å²) in [7, 11) is 0. The molecule has 2 aliphatic heterocycles. The first-order chi connectivity index (χ1) is 15.1. The molecule has 0 aliphatic carbocycles. The predicted molar refractivity (Wildman–Crippen MR) is 103 cm³/mol. The number of para-hydroxylation sites is 1. The van der Waals surface area contributed by atoms with Crippen LogP contribution in [-0.2, 0) is 19.9 Å². The molecule has 1 fully saturated rings. The van der Waals surface area contributed by atoms with Crippen LogP contribution < -0.4 is 21.9 Å². The number of rotatable bonds is 4. The van der Waals surface area contributed by atoms with Crippen molar-refractivity contribution < 1.29 is 27.6 Å². The van der Waals surface area contributed by atoms with Crippen LogP contribution in [0.5, 0.6) is 0 Å². The van der Waals surface area contributed by atoms with E-state index in [2.05, 4.69) is 0 Å². The van der Waals surface area contributed by atoms with Gasteiger partial charge in [0.25, 0.3) is 11.5 Å². The maximum absolute atomic E-state index is 14.3. The number of amides is 3. The first kappa shape index (κ1) is 21.3. The van der Waals surface area contributed by atoms with E-state index in [-0.39, 0.29) is 18.7 Å². The van der Waals surface area contributed by atoms with Crippen LogP contribution in [0.2, 0.25) is 0 Å². The summed E-state index contributed by atoms with van der Waals surface area (Å²) in [4.78, 5) is 64.7. The van der Waals surface area contributed by atoms with Gasteiger partial charge in [0.15, 0.2) is 0 Å². The maximum Gasteiger partial charge on any atom is 0.425 e. The van der Waals surface area contributed by atoms with Crippen molar-refractivity contribution in [2.75, 3.05) is 18.4 Å². The molecule has 168 valence electrons. The van der Waals surface area contributed by atoms with Gasteiger partial charge in [-0.05, 0) is 18.6 Å². The lowest BCUT2D eigenvalue weighted by Gasteiger charge is -2.30. The van der Waals surface area contributed by atoms with Crippen LogP contribution in [0.3, 0.4) is 0 Å². The Balaban J connectivity index is 1.87. The molecule has 10 nitrogen and oxygen atoms in total. The number of H-pyrrole nitrogens is 1. The van der Waals surface area contributed by atoms with Gasteiger partial charge in [-0.1, -0.05) is 18.2 Å². The number of benzene rings is 1. The lowest BCUT2D eigenvalue weighted by molar-refractivity contribution is -0.200. The largest absolute Gasteiger partial charge is 0.425 e. The van der Waals surface area contributed by atoms with Crippen molar-refractivity contribution in [1.29, 1.82) is 0 Å². The van der Waals surface area contributed by atoms with E-state index >= 15 is 0 Å².